The fraction of sp³-hybridized carbons (Fsp3) is 0.235. The molecule has 0 bridgehead atoms. The molecule has 1 N–H and O–H groups in total. The van der Waals surface area contributed by atoms with Crippen LogP contribution in [-0.2, 0) is 11.4 Å². The first-order valence-corrected chi connectivity index (χ1v) is 7.89. The van der Waals surface area contributed by atoms with Crippen LogP contribution in [-0.4, -0.2) is 32.4 Å². The van der Waals surface area contributed by atoms with Crippen molar-refractivity contribution < 1.29 is 18.8 Å². The Labute approximate surface area is 149 Å². The molecule has 9 heteroatoms. The van der Waals surface area contributed by atoms with Crippen molar-refractivity contribution in [3.63, 3.8) is 0 Å². The minimum atomic E-state index is -0.518. The molecule has 3 aromatic rings. The molecule has 0 spiro atoms. The molecule has 0 fully saturated rings. The van der Waals surface area contributed by atoms with Gasteiger partial charge in [0.2, 0.25) is 5.88 Å². The van der Waals surface area contributed by atoms with Crippen LogP contribution >= 0.6 is 0 Å². The summed E-state index contributed by atoms with van der Waals surface area (Å²) >= 11 is 0. The number of pyridine rings is 1. The van der Waals surface area contributed by atoms with E-state index in [2.05, 4.69) is 25.4 Å². The van der Waals surface area contributed by atoms with Crippen molar-refractivity contribution in [2.45, 2.75) is 20.5 Å². The number of aryl methyl sites for hydroxylation is 1. The van der Waals surface area contributed by atoms with Gasteiger partial charge in [-0.2, -0.15) is 0 Å². The minimum absolute atomic E-state index is 0.0630. The maximum absolute atomic E-state index is 12.2. The lowest BCUT2D eigenvalue weighted by Crippen LogP contribution is -2.24. The van der Waals surface area contributed by atoms with Gasteiger partial charge >= 0.3 is 0 Å². The molecule has 3 heterocycles. The van der Waals surface area contributed by atoms with Gasteiger partial charge in [0.1, 0.15) is 12.3 Å². The number of ether oxygens (including phenoxy) is 1. The second kappa shape index (κ2) is 8.17. The van der Waals surface area contributed by atoms with Gasteiger partial charge in [-0.15, -0.1) is 0 Å². The standard InChI is InChI=1S/C17H17N5O4/c1-3-24-16-5-4-12(6-19-16)13-7-18-8-14(21-13)17(23)22-26-9-15-11(2)20-10-25-15/h4-8,10H,3,9H2,1-2H3,(H,22,23). The van der Waals surface area contributed by atoms with Crippen LogP contribution in [0, 0.1) is 6.92 Å². The molecule has 3 aromatic heterocycles. The molecule has 0 saturated heterocycles. The number of hydrogen-bond donors (Lipinski definition) is 1. The van der Waals surface area contributed by atoms with Gasteiger partial charge in [0.05, 0.1) is 30.4 Å². The van der Waals surface area contributed by atoms with Crippen molar-refractivity contribution in [1.29, 1.82) is 0 Å². The molecule has 0 aromatic carbocycles. The van der Waals surface area contributed by atoms with E-state index in [4.69, 9.17) is 14.0 Å². The third-order valence-corrected chi connectivity index (χ3v) is 3.40. The molecule has 0 saturated carbocycles. The van der Waals surface area contributed by atoms with Crippen LogP contribution in [0.1, 0.15) is 28.9 Å². The van der Waals surface area contributed by atoms with Crippen LogP contribution in [0.2, 0.25) is 0 Å². The van der Waals surface area contributed by atoms with E-state index in [1.165, 1.54) is 12.6 Å². The summed E-state index contributed by atoms with van der Waals surface area (Å²) in [4.78, 5) is 33.7. The number of oxazole rings is 1. The Morgan fingerprint density at radius 1 is 1.23 bits per heavy atom. The fourth-order valence-corrected chi connectivity index (χ4v) is 2.06. The van der Waals surface area contributed by atoms with Crippen molar-refractivity contribution >= 4 is 5.91 Å². The first kappa shape index (κ1) is 17.5. The molecular weight excluding hydrogens is 338 g/mol. The molecule has 0 unspecified atom stereocenters. The molecule has 26 heavy (non-hydrogen) atoms. The zero-order valence-electron chi connectivity index (χ0n) is 14.3. The van der Waals surface area contributed by atoms with Crippen molar-refractivity contribution in [2.24, 2.45) is 0 Å². The Balaban J connectivity index is 1.64. The second-order valence-corrected chi connectivity index (χ2v) is 5.19. The lowest BCUT2D eigenvalue weighted by Gasteiger charge is -2.06. The highest BCUT2D eigenvalue weighted by molar-refractivity contribution is 5.91. The number of nitrogens with zero attached hydrogens (tertiary/aromatic N) is 4. The van der Waals surface area contributed by atoms with Crippen LogP contribution in [0.4, 0.5) is 0 Å². The summed E-state index contributed by atoms with van der Waals surface area (Å²) < 4.78 is 10.4. The van der Waals surface area contributed by atoms with E-state index in [9.17, 15) is 4.79 Å². The number of carbonyl (C=O) groups excluding carboxylic acids is 1. The number of amides is 1. The summed E-state index contributed by atoms with van der Waals surface area (Å²) in [6.45, 7) is 4.27. The molecule has 0 aliphatic carbocycles. The van der Waals surface area contributed by atoms with Gasteiger partial charge in [0.15, 0.2) is 12.2 Å². The second-order valence-electron chi connectivity index (χ2n) is 5.19. The maximum atomic E-state index is 12.2. The van der Waals surface area contributed by atoms with E-state index in [0.717, 1.165) is 0 Å². The lowest BCUT2D eigenvalue weighted by molar-refractivity contribution is 0.0166. The Bertz CT molecular complexity index is 879. The van der Waals surface area contributed by atoms with Crippen molar-refractivity contribution in [3.05, 3.63) is 54.3 Å². The highest BCUT2D eigenvalue weighted by Gasteiger charge is 2.11. The van der Waals surface area contributed by atoms with Crippen LogP contribution in [0.25, 0.3) is 11.3 Å². The third kappa shape index (κ3) is 4.19. The van der Waals surface area contributed by atoms with Gasteiger partial charge in [-0.25, -0.2) is 20.4 Å². The molecule has 9 nitrogen and oxygen atoms in total. The summed E-state index contributed by atoms with van der Waals surface area (Å²) in [6, 6.07) is 3.53. The van der Waals surface area contributed by atoms with E-state index < -0.39 is 5.91 Å². The number of rotatable bonds is 7. The fourth-order valence-electron chi connectivity index (χ4n) is 2.06. The Hall–Kier alpha value is -3.33. The normalized spacial score (nSPS) is 10.5. The number of carbonyl (C=O) groups is 1. The van der Waals surface area contributed by atoms with Gasteiger partial charge in [0, 0.05) is 17.8 Å². The van der Waals surface area contributed by atoms with E-state index in [1.807, 2.05) is 6.92 Å². The van der Waals surface area contributed by atoms with E-state index in [1.54, 1.807) is 31.5 Å². The zero-order chi connectivity index (χ0) is 18.4. The number of hydrogen-bond acceptors (Lipinski definition) is 8. The summed E-state index contributed by atoms with van der Waals surface area (Å²) in [5, 5.41) is 0. The van der Waals surface area contributed by atoms with E-state index in [-0.39, 0.29) is 12.3 Å². The number of nitrogens with one attached hydrogen (secondary N) is 1. The minimum Gasteiger partial charge on any atom is -0.478 e. The topological polar surface area (TPSA) is 112 Å². The van der Waals surface area contributed by atoms with Gasteiger partial charge in [0.25, 0.3) is 5.91 Å². The third-order valence-electron chi connectivity index (χ3n) is 3.40. The number of hydroxylamine groups is 1. The molecule has 0 atom stereocenters. The lowest BCUT2D eigenvalue weighted by atomic mass is 10.2. The molecule has 0 radical (unpaired) electrons. The summed E-state index contributed by atoms with van der Waals surface area (Å²) in [6.07, 6.45) is 5.83. The Kier molecular flexibility index (Phi) is 5.49. The average molecular weight is 355 g/mol. The monoisotopic (exact) mass is 355 g/mol. The molecule has 134 valence electrons. The van der Waals surface area contributed by atoms with Gasteiger partial charge in [-0.3, -0.25) is 14.6 Å². The van der Waals surface area contributed by atoms with Crippen LogP contribution in [0.3, 0.4) is 0 Å². The highest BCUT2D eigenvalue weighted by Crippen LogP contribution is 2.18. The first-order chi connectivity index (χ1) is 12.7. The average Bonchev–Trinajstić information content (AvgIpc) is 3.07. The Morgan fingerprint density at radius 3 is 2.81 bits per heavy atom. The zero-order valence-corrected chi connectivity index (χ0v) is 14.3. The Morgan fingerprint density at radius 2 is 2.12 bits per heavy atom. The summed E-state index contributed by atoms with van der Waals surface area (Å²) in [5.41, 5.74) is 4.35. The predicted octanol–water partition coefficient (Wildman–Crippen LogP) is 2.10. The first-order valence-electron chi connectivity index (χ1n) is 7.89. The largest absolute Gasteiger partial charge is 0.478 e. The molecule has 0 aliphatic rings. The number of aromatic nitrogens is 4. The van der Waals surface area contributed by atoms with Crippen LogP contribution < -0.4 is 10.2 Å². The van der Waals surface area contributed by atoms with Crippen LogP contribution in [0.5, 0.6) is 5.88 Å². The smallest absolute Gasteiger partial charge is 0.295 e. The van der Waals surface area contributed by atoms with Crippen molar-refractivity contribution in [3.8, 4) is 17.1 Å². The summed E-state index contributed by atoms with van der Waals surface area (Å²) in [5.74, 6) is 0.537. The van der Waals surface area contributed by atoms with Gasteiger partial charge < -0.3 is 9.15 Å². The van der Waals surface area contributed by atoms with Crippen molar-refractivity contribution in [2.75, 3.05) is 6.61 Å². The van der Waals surface area contributed by atoms with Crippen LogP contribution in [0.15, 0.2) is 41.5 Å². The highest BCUT2D eigenvalue weighted by atomic mass is 16.7. The van der Waals surface area contributed by atoms with Crippen molar-refractivity contribution in [1.82, 2.24) is 25.4 Å². The van der Waals surface area contributed by atoms with Gasteiger partial charge in [-0.05, 0) is 19.9 Å². The van der Waals surface area contributed by atoms with Gasteiger partial charge in [-0.1, -0.05) is 0 Å². The predicted molar refractivity (Wildman–Crippen MR) is 89.9 cm³/mol. The molecule has 0 aliphatic heterocycles. The molecular formula is C17H17N5O4. The van der Waals surface area contributed by atoms with E-state index >= 15 is 0 Å². The maximum Gasteiger partial charge on any atom is 0.295 e. The SMILES string of the molecule is CCOc1ccc(-c2cncc(C(=O)NOCc3ocnc3C)n2)cn1. The molecule has 1 amide bonds. The van der Waals surface area contributed by atoms with E-state index in [0.29, 0.717) is 35.2 Å². The molecule has 3 rings (SSSR count). The summed E-state index contributed by atoms with van der Waals surface area (Å²) in [7, 11) is 0. The quantitative estimate of drug-likeness (QED) is 0.641.